The second-order valence-electron chi connectivity index (χ2n) is 7.63. The van der Waals surface area contributed by atoms with Crippen molar-refractivity contribution in [1.82, 2.24) is 5.32 Å². The number of piperidine rings is 1. The highest BCUT2D eigenvalue weighted by molar-refractivity contribution is 5.94. The number of carbonyl (C=O) groups is 2. The molecular formula is C23H24F4N4O3. The van der Waals surface area contributed by atoms with Gasteiger partial charge < -0.3 is 20.6 Å². The minimum absolute atomic E-state index is 0.0128. The van der Waals surface area contributed by atoms with Gasteiger partial charge in [0.15, 0.2) is 0 Å². The molecule has 7 nitrogen and oxygen atoms in total. The molecule has 1 amide bonds. The van der Waals surface area contributed by atoms with Crippen LogP contribution in [0.25, 0.3) is 0 Å². The highest BCUT2D eigenvalue weighted by Crippen LogP contribution is 2.26. The number of nitrogens with one attached hydrogen (secondary N) is 2. The van der Waals surface area contributed by atoms with Crippen molar-refractivity contribution in [3.63, 3.8) is 0 Å². The van der Waals surface area contributed by atoms with Crippen LogP contribution in [0.1, 0.15) is 29.9 Å². The third kappa shape index (κ3) is 8.04. The summed E-state index contributed by atoms with van der Waals surface area (Å²) in [7, 11) is 1.64. The Morgan fingerprint density at radius 2 is 1.76 bits per heavy atom. The number of carboxylic acid groups (broad SMARTS) is 1. The van der Waals surface area contributed by atoms with E-state index in [0.717, 1.165) is 31.6 Å². The smallest absolute Gasteiger partial charge is 0.475 e. The topological polar surface area (TPSA) is 105 Å². The second-order valence-corrected chi connectivity index (χ2v) is 7.63. The van der Waals surface area contributed by atoms with Gasteiger partial charge in [0.25, 0.3) is 0 Å². The lowest BCUT2D eigenvalue weighted by molar-refractivity contribution is -0.192. The average molecular weight is 480 g/mol. The molecule has 1 aliphatic heterocycles. The number of aliphatic carboxylic acids is 1. The number of hydrogen-bond acceptors (Lipinski definition) is 5. The molecule has 11 heteroatoms. The van der Waals surface area contributed by atoms with Crippen LogP contribution < -0.4 is 15.5 Å². The van der Waals surface area contributed by atoms with E-state index < -0.39 is 18.0 Å². The van der Waals surface area contributed by atoms with Gasteiger partial charge in [-0.15, -0.1) is 0 Å². The summed E-state index contributed by atoms with van der Waals surface area (Å²) in [5, 5.41) is 22.1. The third-order valence-corrected chi connectivity index (χ3v) is 5.12. The van der Waals surface area contributed by atoms with Crippen LogP contribution in [0.2, 0.25) is 0 Å². The van der Waals surface area contributed by atoms with Crippen LogP contribution >= 0.6 is 0 Å². The molecule has 3 rings (SSSR count). The zero-order chi connectivity index (χ0) is 25.3. The monoisotopic (exact) mass is 480 g/mol. The Hall–Kier alpha value is -3.65. The van der Waals surface area contributed by atoms with Gasteiger partial charge in [-0.3, -0.25) is 4.79 Å². The number of nitrogens with zero attached hydrogens (tertiary/aromatic N) is 2. The number of amides is 1. The number of nitriles is 1. The highest BCUT2D eigenvalue weighted by atomic mass is 19.4. The molecule has 3 N–H and O–H groups in total. The van der Waals surface area contributed by atoms with Gasteiger partial charge in [0, 0.05) is 12.7 Å². The van der Waals surface area contributed by atoms with E-state index >= 15 is 0 Å². The van der Waals surface area contributed by atoms with Gasteiger partial charge in [0.2, 0.25) is 5.91 Å². The van der Waals surface area contributed by atoms with Crippen LogP contribution in [0.3, 0.4) is 0 Å². The van der Waals surface area contributed by atoms with Crippen molar-refractivity contribution in [2.24, 2.45) is 0 Å². The molecule has 1 heterocycles. The normalized spacial score (nSPS) is 13.8. The van der Waals surface area contributed by atoms with Gasteiger partial charge >= 0.3 is 12.1 Å². The summed E-state index contributed by atoms with van der Waals surface area (Å²) in [6, 6.07) is 14.1. The quantitative estimate of drug-likeness (QED) is 0.561. The second kappa shape index (κ2) is 12.0. The Bertz CT molecular complexity index is 1030. The lowest BCUT2D eigenvalue weighted by Crippen LogP contribution is -2.30. The van der Waals surface area contributed by atoms with E-state index in [0.29, 0.717) is 5.92 Å². The molecule has 0 atom stereocenters. The van der Waals surface area contributed by atoms with E-state index in [1.807, 2.05) is 18.2 Å². The molecule has 1 fully saturated rings. The van der Waals surface area contributed by atoms with Gasteiger partial charge in [-0.1, -0.05) is 12.1 Å². The van der Waals surface area contributed by atoms with Gasteiger partial charge in [0.05, 0.1) is 23.9 Å². The summed E-state index contributed by atoms with van der Waals surface area (Å²) in [5.74, 6) is -2.93. The van der Waals surface area contributed by atoms with E-state index in [1.165, 1.54) is 28.7 Å². The Balaban J connectivity index is 0.000000509. The SMILES string of the molecule is CN(CC(=O)Nc1ccc(C2CCNCC2)cc1)c1ccc(C#N)cc1F.O=C(O)C(F)(F)F. The predicted molar refractivity (Wildman–Crippen MR) is 118 cm³/mol. The average Bonchev–Trinajstić information content (AvgIpc) is 2.79. The molecule has 0 aliphatic carbocycles. The van der Waals surface area contributed by atoms with Crippen LogP contribution in [0.4, 0.5) is 28.9 Å². The summed E-state index contributed by atoms with van der Waals surface area (Å²) in [4.78, 5) is 22.7. The number of anilines is 2. The molecule has 0 spiro atoms. The van der Waals surface area contributed by atoms with Gasteiger partial charge in [0.1, 0.15) is 5.82 Å². The zero-order valence-corrected chi connectivity index (χ0v) is 18.3. The van der Waals surface area contributed by atoms with Crippen LogP contribution in [-0.2, 0) is 9.59 Å². The summed E-state index contributed by atoms with van der Waals surface area (Å²) in [6.07, 6.45) is -2.82. The van der Waals surface area contributed by atoms with E-state index in [1.54, 1.807) is 7.05 Å². The van der Waals surface area contributed by atoms with E-state index in [9.17, 15) is 22.4 Å². The van der Waals surface area contributed by atoms with E-state index in [2.05, 4.69) is 22.8 Å². The number of carboxylic acids is 1. The number of rotatable bonds is 5. The van der Waals surface area contributed by atoms with Crippen LogP contribution in [0.5, 0.6) is 0 Å². The fraction of sp³-hybridized carbons (Fsp3) is 0.348. The predicted octanol–water partition coefficient (Wildman–Crippen LogP) is 3.87. The molecule has 2 aromatic carbocycles. The lowest BCUT2D eigenvalue weighted by Gasteiger charge is -2.23. The number of alkyl halides is 3. The minimum atomic E-state index is -5.08. The molecule has 0 unspecified atom stereocenters. The van der Waals surface area contributed by atoms with Crippen molar-refractivity contribution in [2.75, 3.05) is 36.9 Å². The molecule has 0 aromatic heterocycles. The number of hydrogen-bond donors (Lipinski definition) is 3. The van der Waals surface area contributed by atoms with Crippen molar-refractivity contribution in [3.8, 4) is 6.07 Å². The standard InChI is InChI=1S/C21H23FN4O.C2HF3O2/c1-26(20-7-2-15(13-23)12-19(20)22)14-21(27)25-18-5-3-16(4-6-18)17-8-10-24-11-9-17;3-2(4,5)1(6)7/h2-7,12,17,24H,8-11,14H2,1H3,(H,25,27);(H,6,7). The first-order valence-electron chi connectivity index (χ1n) is 10.3. The maximum atomic E-state index is 14.1. The summed E-state index contributed by atoms with van der Waals surface area (Å²) < 4.78 is 45.8. The van der Waals surface area contributed by atoms with Crippen molar-refractivity contribution < 1.29 is 32.3 Å². The molecule has 2 aromatic rings. The molecule has 182 valence electrons. The molecule has 0 bridgehead atoms. The zero-order valence-electron chi connectivity index (χ0n) is 18.3. The molecule has 1 saturated heterocycles. The van der Waals surface area contributed by atoms with Crippen LogP contribution in [-0.4, -0.2) is 49.8 Å². The Morgan fingerprint density at radius 3 is 2.26 bits per heavy atom. The maximum Gasteiger partial charge on any atom is 0.490 e. The van der Waals surface area contributed by atoms with E-state index in [4.69, 9.17) is 15.2 Å². The Labute approximate surface area is 194 Å². The van der Waals surface area contributed by atoms with Gasteiger partial charge in [-0.2, -0.15) is 18.4 Å². The van der Waals surface area contributed by atoms with Crippen molar-refractivity contribution in [1.29, 1.82) is 5.26 Å². The number of likely N-dealkylation sites (N-methyl/N-ethyl adjacent to an activating group) is 1. The molecule has 0 radical (unpaired) electrons. The molecular weight excluding hydrogens is 456 g/mol. The minimum Gasteiger partial charge on any atom is -0.475 e. The van der Waals surface area contributed by atoms with Crippen molar-refractivity contribution in [2.45, 2.75) is 24.9 Å². The van der Waals surface area contributed by atoms with Crippen molar-refractivity contribution in [3.05, 3.63) is 59.4 Å². The summed E-state index contributed by atoms with van der Waals surface area (Å²) in [5.41, 5.74) is 2.56. The molecule has 34 heavy (non-hydrogen) atoms. The first kappa shape index (κ1) is 26.6. The van der Waals surface area contributed by atoms with Crippen molar-refractivity contribution >= 4 is 23.3 Å². The molecule has 0 saturated carbocycles. The largest absolute Gasteiger partial charge is 0.490 e. The van der Waals surface area contributed by atoms with Crippen LogP contribution in [0, 0.1) is 17.1 Å². The summed E-state index contributed by atoms with van der Waals surface area (Å²) in [6.45, 7) is 2.10. The van der Waals surface area contributed by atoms with Gasteiger partial charge in [-0.25, -0.2) is 9.18 Å². The third-order valence-electron chi connectivity index (χ3n) is 5.12. The highest BCUT2D eigenvalue weighted by Gasteiger charge is 2.38. The van der Waals surface area contributed by atoms with E-state index in [-0.39, 0.29) is 23.7 Å². The van der Waals surface area contributed by atoms with Crippen LogP contribution in [0.15, 0.2) is 42.5 Å². The van der Waals surface area contributed by atoms with Gasteiger partial charge in [-0.05, 0) is 67.7 Å². The Morgan fingerprint density at radius 1 is 1.18 bits per heavy atom. The number of benzene rings is 2. The lowest BCUT2D eigenvalue weighted by atomic mass is 9.90. The number of carbonyl (C=O) groups excluding carboxylic acids is 1. The number of halogens is 4. The summed E-state index contributed by atoms with van der Waals surface area (Å²) >= 11 is 0. The molecule has 1 aliphatic rings. The fourth-order valence-electron chi connectivity index (χ4n) is 3.38. The first-order valence-corrected chi connectivity index (χ1v) is 10.3. The maximum absolute atomic E-state index is 14.1. The fourth-order valence-corrected chi connectivity index (χ4v) is 3.38. The first-order chi connectivity index (χ1) is 16.0. The Kier molecular flexibility index (Phi) is 9.38.